The molecule has 15 heteroatoms. The Bertz CT molecular complexity index is 2820. The van der Waals surface area contributed by atoms with Gasteiger partial charge in [0, 0.05) is 166 Å². The monoisotopic (exact) mass is 1420 g/mol. The van der Waals surface area contributed by atoms with E-state index in [0.717, 1.165) is 105 Å². The van der Waals surface area contributed by atoms with Gasteiger partial charge in [0.25, 0.3) is 0 Å². The Morgan fingerprint density at radius 3 is 1.93 bits per heavy atom. The molecule has 4 unspecified atom stereocenters. The Labute approximate surface area is 592 Å². The van der Waals surface area contributed by atoms with Crippen LogP contribution in [0.1, 0.15) is 151 Å². The number of aryl methyl sites for hydroxylation is 6. The fourth-order valence-electron chi connectivity index (χ4n) is 12.8. The predicted molar refractivity (Wildman–Crippen MR) is 328 cm³/mol. The number of hydrogen-bond acceptors (Lipinski definition) is 11. The molecule has 3 aliphatic rings. The number of rotatable bonds is 26. The molecule has 1 aromatic heterocycles. The molecule has 3 radical (unpaired) electrons. The van der Waals surface area contributed by atoms with Crippen LogP contribution in [0.25, 0.3) is 0 Å². The molecular weight excluding hydrogens is 1330 g/mol. The van der Waals surface area contributed by atoms with E-state index in [2.05, 4.69) is 104 Å². The van der Waals surface area contributed by atoms with Crippen LogP contribution in [0.4, 0.5) is 0 Å². The van der Waals surface area contributed by atoms with Gasteiger partial charge in [-0.05, 0) is 146 Å². The molecule has 3 fully saturated rings. The second kappa shape index (κ2) is 41.8. The number of halogens is 1. The van der Waals surface area contributed by atoms with Gasteiger partial charge in [-0.25, -0.2) is 7.11 Å². The zero-order chi connectivity index (χ0) is 59.0. The molecule has 5 N–H and O–H groups in total. The molecule has 85 heavy (non-hydrogen) atoms. The topological polar surface area (TPSA) is 174 Å². The molecule has 453 valence electrons. The van der Waals surface area contributed by atoms with E-state index >= 15 is 0 Å². The largest absolute Gasteiger partial charge is 0.546 e. The Morgan fingerprint density at radius 2 is 1.28 bits per heavy atom. The SMILES string of the molecule is CCCCC(O)c1cccc(CC[C@H]2C(Cl)CC(=O)[C@@H]2CCCc2nc[c-]s2)c1.[CH2-]Cc1cccc(C[C@H]2C(O)CC(=O)[C@@H]2CCc2cc(C)c(CCO)c(C)c2)c1.[CH2-]OCC#CC[C@H]1C(O)CC(=O)[C@@H]1CCc1ccccc1CCO.[Y].[Y].[Y]. The van der Waals surface area contributed by atoms with Crippen molar-refractivity contribution in [1.29, 1.82) is 0 Å². The zero-order valence-electron chi connectivity index (χ0n) is 50.4. The van der Waals surface area contributed by atoms with Gasteiger partial charge in [-0.2, -0.15) is 11.8 Å². The maximum absolute atomic E-state index is 12.6. The summed E-state index contributed by atoms with van der Waals surface area (Å²) in [6.07, 6.45) is 15.0. The molecule has 1 heterocycles. The van der Waals surface area contributed by atoms with Crippen LogP contribution in [0.3, 0.4) is 0 Å². The minimum absolute atomic E-state index is 0. The van der Waals surface area contributed by atoms with E-state index in [1.54, 1.807) is 17.5 Å². The van der Waals surface area contributed by atoms with Crippen LogP contribution in [-0.4, -0.2) is 85.3 Å². The number of alkyl halides is 1. The van der Waals surface area contributed by atoms with E-state index in [0.29, 0.717) is 37.9 Å². The number of ether oxygens (including phenoxy) is 1. The Morgan fingerprint density at radius 1 is 0.682 bits per heavy atom. The van der Waals surface area contributed by atoms with Gasteiger partial charge < -0.3 is 53.5 Å². The molecule has 3 saturated carbocycles. The molecule has 10 atom stereocenters. The van der Waals surface area contributed by atoms with Gasteiger partial charge in [0.2, 0.25) is 0 Å². The van der Waals surface area contributed by atoms with Crippen LogP contribution in [-0.2, 0) is 169 Å². The van der Waals surface area contributed by atoms with Crippen molar-refractivity contribution >= 4 is 40.3 Å². The van der Waals surface area contributed by atoms with Crippen LogP contribution >= 0.6 is 22.9 Å². The molecule has 0 amide bonds. The summed E-state index contributed by atoms with van der Waals surface area (Å²) < 4.78 is 4.65. The normalized spacial score (nSPS) is 21.7. The number of aliphatic hydroxyl groups excluding tert-OH is 5. The summed E-state index contributed by atoms with van der Waals surface area (Å²) in [6, 6.07) is 28.9. The molecule has 10 nitrogen and oxygen atoms in total. The van der Waals surface area contributed by atoms with Gasteiger partial charge in [-0.15, -0.1) is 17.5 Å². The fourth-order valence-corrected chi connectivity index (χ4v) is 13.8. The van der Waals surface area contributed by atoms with Gasteiger partial charge in [0.15, 0.2) is 0 Å². The molecule has 0 spiro atoms. The first kappa shape index (κ1) is 77.7. The summed E-state index contributed by atoms with van der Waals surface area (Å²) in [5, 5.41) is 53.6. The number of aliphatic hydroxyl groups is 5. The van der Waals surface area contributed by atoms with Crippen molar-refractivity contribution in [3.8, 4) is 11.8 Å². The van der Waals surface area contributed by atoms with Crippen molar-refractivity contribution in [1.82, 2.24) is 4.98 Å². The number of ketones is 3. The molecule has 4 aromatic carbocycles. The van der Waals surface area contributed by atoms with Crippen molar-refractivity contribution in [2.75, 3.05) is 19.8 Å². The predicted octanol–water partition coefficient (Wildman–Crippen LogP) is 11.8. The van der Waals surface area contributed by atoms with E-state index in [1.165, 1.54) is 38.9 Å². The average molecular weight is 1420 g/mol. The molecule has 0 bridgehead atoms. The minimum atomic E-state index is -0.606. The minimum Gasteiger partial charge on any atom is -0.546 e. The Kier molecular flexibility index (Phi) is 38.2. The third-order valence-corrected chi connectivity index (χ3v) is 18.5. The fraction of sp³-hybridized carbons (Fsp3) is 0.514. The average Bonchev–Trinajstić information content (AvgIpc) is 4.31. The number of unbranched alkanes of at least 4 members (excludes halogenated alkanes) is 1. The van der Waals surface area contributed by atoms with Gasteiger partial charge in [-0.1, -0.05) is 140 Å². The van der Waals surface area contributed by atoms with Crippen LogP contribution < -0.4 is 0 Å². The third-order valence-electron chi connectivity index (χ3n) is 17.2. The van der Waals surface area contributed by atoms with Gasteiger partial charge in [0.1, 0.15) is 17.3 Å². The van der Waals surface area contributed by atoms with E-state index in [-0.39, 0.29) is 189 Å². The molecule has 3 aliphatic carbocycles. The van der Waals surface area contributed by atoms with Crippen molar-refractivity contribution < 1.29 is 143 Å². The summed E-state index contributed by atoms with van der Waals surface area (Å²) in [4.78, 5) is 41.6. The first-order valence-electron chi connectivity index (χ1n) is 29.9. The standard InChI is InChI=1S/C26H33O3.C24H31ClNO2S.C20H25O4.3Y/c1-4-19-6-5-7-20(14-19)15-24-23(25(28)16-26(24)29)9-8-21-12-17(2)22(10-11-27)18(3)13-21;1-2-3-9-22(27)18-7-4-6-17(15-18)11-12-19-20(23(28)16-21(19)25)8-5-10-24-26-13-14-29-24;1-24-13-5-4-8-17-18(20(23)14-19(17)22)10-9-15-6-2-3-7-16(15)11-12-21;;;/h5-7,12-14,23-24,26-27,29H,1,4,8-11,15-16H2,2-3H3;4,6-7,13,15,19-22,27H,2-3,5,8-12,16H2,1H3;2-3,6-7,17-19,21-22H,1,8-14H2;;;/q3*-1;;;/t23-,24-,26?;19-,20-,21?,22?;17-,18-,19?;;;/m111.../s1. The first-order valence-corrected chi connectivity index (χ1v) is 31.2. The van der Waals surface area contributed by atoms with Crippen molar-refractivity contribution in [3.63, 3.8) is 0 Å². The smallest absolute Gasteiger partial charge is 0.138 e. The number of carbonyl (C=O) groups is 3. The quantitative estimate of drug-likeness (QED) is 0.0204. The van der Waals surface area contributed by atoms with Gasteiger partial charge in [0.05, 0.1) is 24.9 Å². The van der Waals surface area contributed by atoms with E-state index in [9.17, 15) is 34.8 Å². The first-order chi connectivity index (χ1) is 39.7. The third kappa shape index (κ3) is 24.5. The summed E-state index contributed by atoms with van der Waals surface area (Å²) in [5.41, 5.74) is 11.7. The van der Waals surface area contributed by atoms with Crippen LogP contribution in [0.5, 0.6) is 0 Å². The zero-order valence-corrected chi connectivity index (χ0v) is 60.5. The van der Waals surface area contributed by atoms with Crippen molar-refractivity contribution in [2.45, 2.75) is 173 Å². The maximum Gasteiger partial charge on any atom is 0.138 e. The number of nitrogens with zero attached hydrogens (tertiary/aromatic N) is 1. The second-order valence-corrected chi connectivity index (χ2v) is 24.3. The van der Waals surface area contributed by atoms with Gasteiger partial charge in [-0.3, -0.25) is 14.4 Å². The summed E-state index contributed by atoms with van der Waals surface area (Å²) in [6.45, 7) is 10.8. The van der Waals surface area contributed by atoms with E-state index in [1.807, 2.05) is 42.5 Å². The number of benzene rings is 4. The molecule has 0 saturated heterocycles. The second-order valence-electron chi connectivity index (χ2n) is 22.9. The van der Waals surface area contributed by atoms with Crippen molar-refractivity contribution in [3.05, 3.63) is 171 Å². The molecular formula is C70H89ClNO9SY3-3. The Balaban J connectivity index is 0.000000330. The van der Waals surface area contributed by atoms with E-state index in [4.69, 9.17) is 16.7 Å². The number of Topliss-reactive ketones (excluding diaryl/α,β-unsaturated/α-hetero) is 3. The van der Waals surface area contributed by atoms with Crippen LogP contribution in [0, 0.1) is 80.6 Å². The molecule has 8 rings (SSSR count). The maximum atomic E-state index is 12.6. The number of carbonyl (C=O) groups excluding carboxylic acids is 3. The number of hydrogen-bond donors (Lipinski definition) is 5. The Hall–Kier alpha value is -1.56. The summed E-state index contributed by atoms with van der Waals surface area (Å²) >= 11 is 8.13. The summed E-state index contributed by atoms with van der Waals surface area (Å²) in [5.74, 6) is 6.39. The molecule has 5 aromatic rings. The van der Waals surface area contributed by atoms with Crippen LogP contribution in [0.2, 0.25) is 0 Å². The summed E-state index contributed by atoms with van der Waals surface area (Å²) in [7, 11) is 3.26. The van der Waals surface area contributed by atoms with Crippen molar-refractivity contribution in [2.24, 2.45) is 35.5 Å². The molecule has 0 aliphatic heterocycles. The van der Waals surface area contributed by atoms with E-state index < -0.39 is 12.2 Å². The number of thiazole rings is 1. The number of aromatic nitrogens is 1. The van der Waals surface area contributed by atoms with Gasteiger partial charge >= 0.3 is 0 Å². The van der Waals surface area contributed by atoms with Crippen LogP contribution in [0.15, 0.2) is 91.1 Å².